The number of carbonyl (C=O) groups is 2. The first kappa shape index (κ1) is 20.2. The van der Waals surface area contributed by atoms with Crippen molar-refractivity contribution in [2.75, 3.05) is 12.0 Å². The highest BCUT2D eigenvalue weighted by atomic mass is 35.5. The van der Waals surface area contributed by atoms with Gasteiger partial charge in [-0.1, -0.05) is 35.9 Å². The molecule has 1 unspecified atom stereocenters. The number of benzene rings is 2. The average molecular weight is 440 g/mol. The quantitative estimate of drug-likeness (QED) is 0.338. The van der Waals surface area contributed by atoms with Crippen molar-refractivity contribution in [1.29, 1.82) is 0 Å². The molecule has 0 bridgehead atoms. The fourth-order valence-electron chi connectivity index (χ4n) is 3.64. The lowest BCUT2D eigenvalue weighted by atomic mass is 9.99. The van der Waals surface area contributed by atoms with Crippen LogP contribution in [0.15, 0.2) is 65.6 Å². The largest absolute Gasteiger partial charge is 0.507 e. The molecule has 7 heteroatoms. The monoisotopic (exact) mass is 439 g/mol. The molecule has 1 aromatic heterocycles. The van der Waals surface area contributed by atoms with Crippen LogP contribution in [0.1, 0.15) is 22.0 Å². The van der Waals surface area contributed by atoms with E-state index in [1.54, 1.807) is 49.4 Å². The van der Waals surface area contributed by atoms with Crippen molar-refractivity contribution < 1.29 is 19.4 Å². The zero-order chi connectivity index (χ0) is 21.4. The molecule has 0 radical (unpaired) electrons. The van der Waals surface area contributed by atoms with Gasteiger partial charge in [-0.3, -0.25) is 14.5 Å². The number of ether oxygens (including phenoxy) is 1. The first-order chi connectivity index (χ1) is 14.5. The van der Waals surface area contributed by atoms with Crippen LogP contribution in [0.5, 0.6) is 5.75 Å². The molecule has 2 aromatic carbocycles. The molecule has 0 spiro atoms. The van der Waals surface area contributed by atoms with Gasteiger partial charge in [-0.05, 0) is 48.2 Å². The number of nitrogens with zero attached hydrogens (tertiary/aromatic N) is 1. The van der Waals surface area contributed by atoms with Gasteiger partial charge in [0.2, 0.25) is 0 Å². The molecule has 3 aromatic rings. The summed E-state index contributed by atoms with van der Waals surface area (Å²) in [6.07, 6.45) is 0. The second-order valence-corrected chi connectivity index (χ2v) is 8.16. The lowest BCUT2D eigenvalue weighted by Gasteiger charge is -2.26. The number of halogens is 1. The van der Waals surface area contributed by atoms with E-state index in [2.05, 4.69) is 0 Å². The molecule has 2 heterocycles. The molecule has 0 saturated carbocycles. The Hall–Kier alpha value is -3.09. The summed E-state index contributed by atoms with van der Waals surface area (Å²) in [6.45, 7) is 1.79. The van der Waals surface area contributed by atoms with Gasteiger partial charge in [0.25, 0.3) is 11.7 Å². The number of para-hydroxylation sites is 1. The van der Waals surface area contributed by atoms with Crippen molar-refractivity contribution in [3.05, 3.63) is 86.6 Å². The van der Waals surface area contributed by atoms with E-state index in [4.69, 9.17) is 16.3 Å². The maximum absolute atomic E-state index is 13.1. The minimum absolute atomic E-state index is 0.0197. The van der Waals surface area contributed by atoms with E-state index in [9.17, 15) is 14.7 Å². The molecule has 0 aliphatic carbocycles. The van der Waals surface area contributed by atoms with E-state index in [1.807, 2.05) is 17.5 Å². The third kappa shape index (κ3) is 3.18. The van der Waals surface area contributed by atoms with Gasteiger partial charge < -0.3 is 9.84 Å². The first-order valence-electron chi connectivity index (χ1n) is 9.18. The van der Waals surface area contributed by atoms with E-state index < -0.39 is 17.7 Å². The summed E-state index contributed by atoms with van der Waals surface area (Å²) in [7, 11) is 1.48. The first-order valence-corrected chi connectivity index (χ1v) is 10.4. The van der Waals surface area contributed by atoms with Gasteiger partial charge in [-0.25, -0.2) is 0 Å². The molecular formula is C23H18ClNO4S. The van der Waals surface area contributed by atoms with Crippen LogP contribution in [0.2, 0.25) is 5.02 Å². The molecule has 30 heavy (non-hydrogen) atoms. The number of aliphatic hydroxyl groups excluding tert-OH is 1. The molecular weight excluding hydrogens is 422 g/mol. The number of rotatable bonds is 4. The number of thiophene rings is 1. The number of anilines is 1. The molecule has 1 aliphatic rings. The SMILES string of the molecule is COc1ccccc1/C(O)=C1/C(=O)C(=O)N(c2cccc(Cl)c2C)C1c1cccs1. The van der Waals surface area contributed by atoms with Crippen LogP contribution in [0.3, 0.4) is 0 Å². The Morgan fingerprint density at radius 2 is 1.87 bits per heavy atom. The number of amides is 1. The van der Waals surface area contributed by atoms with Crippen LogP contribution in [0.25, 0.3) is 5.76 Å². The maximum atomic E-state index is 13.1. The maximum Gasteiger partial charge on any atom is 0.300 e. The predicted octanol–water partition coefficient (Wildman–Crippen LogP) is 5.34. The third-order valence-corrected chi connectivity index (χ3v) is 6.45. The van der Waals surface area contributed by atoms with Crippen LogP contribution >= 0.6 is 22.9 Å². The topological polar surface area (TPSA) is 66.8 Å². The van der Waals surface area contributed by atoms with Crippen LogP contribution in [0, 0.1) is 6.92 Å². The second kappa shape index (κ2) is 7.97. The fourth-order valence-corrected chi connectivity index (χ4v) is 4.63. The summed E-state index contributed by atoms with van der Waals surface area (Å²) >= 11 is 7.69. The van der Waals surface area contributed by atoms with Gasteiger partial charge in [-0.15, -0.1) is 11.3 Å². The van der Waals surface area contributed by atoms with Crippen molar-refractivity contribution in [2.24, 2.45) is 0 Å². The summed E-state index contributed by atoms with van der Waals surface area (Å²) in [5.74, 6) is -1.33. The number of methoxy groups -OCH3 is 1. The Kier molecular flexibility index (Phi) is 5.37. The number of aliphatic hydroxyl groups is 1. The van der Waals surface area contributed by atoms with E-state index in [0.717, 1.165) is 4.88 Å². The van der Waals surface area contributed by atoms with Gasteiger partial charge in [0.05, 0.1) is 18.2 Å². The molecule has 1 N–H and O–H groups in total. The number of carbonyl (C=O) groups excluding carboxylic acids is 2. The van der Waals surface area contributed by atoms with Gasteiger partial charge >= 0.3 is 0 Å². The molecule has 1 aliphatic heterocycles. The number of hydrogen-bond donors (Lipinski definition) is 1. The van der Waals surface area contributed by atoms with Crippen molar-refractivity contribution in [1.82, 2.24) is 0 Å². The Labute approximate surface area is 182 Å². The predicted molar refractivity (Wildman–Crippen MR) is 118 cm³/mol. The van der Waals surface area contributed by atoms with Gasteiger partial charge in [-0.2, -0.15) is 0 Å². The lowest BCUT2D eigenvalue weighted by molar-refractivity contribution is -0.132. The number of hydrogen-bond acceptors (Lipinski definition) is 5. The summed E-state index contributed by atoms with van der Waals surface area (Å²) < 4.78 is 5.34. The molecule has 1 saturated heterocycles. The highest BCUT2D eigenvalue weighted by molar-refractivity contribution is 7.10. The van der Waals surface area contributed by atoms with Gasteiger partial charge in [0, 0.05) is 15.6 Å². The van der Waals surface area contributed by atoms with Crippen molar-refractivity contribution in [2.45, 2.75) is 13.0 Å². The standard InChI is InChI=1S/C23H18ClNO4S/c1-13-15(24)8-5-9-16(13)25-20(18-11-6-12-30-18)19(22(27)23(25)28)21(26)14-7-3-4-10-17(14)29-2/h3-12,20,26H,1-2H3/b21-19-. The molecule has 5 nitrogen and oxygen atoms in total. The van der Waals surface area contributed by atoms with Crippen LogP contribution in [-0.4, -0.2) is 23.9 Å². The van der Waals surface area contributed by atoms with E-state index in [-0.39, 0.29) is 11.3 Å². The summed E-state index contributed by atoms with van der Waals surface area (Å²) in [6, 6.07) is 14.9. The summed E-state index contributed by atoms with van der Waals surface area (Å²) in [5, 5.41) is 13.5. The number of ketones is 1. The number of Topliss-reactive ketones (excluding diaryl/α,β-unsaturated/α-hetero) is 1. The van der Waals surface area contributed by atoms with Crippen LogP contribution in [-0.2, 0) is 9.59 Å². The van der Waals surface area contributed by atoms with Crippen LogP contribution < -0.4 is 9.64 Å². The molecule has 152 valence electrons. The third-order valence-electron chi connectivity index (χ3n) is 5.12. The highest BCUT2D eigenvalue weighted by Crippen LogP contribution is 2.45. The smallest absolute Gasteiger partial charge is 0.300 e. The normalized spacial score (nSPS) is 18.1. The zero-order valence-electron chi connectivity index (χ0n) is 16.3. The van der Waals surface area contributed by atoms with Gasteiger partial charge in [0.1, 0.15) is 17.6 Å². The summed E-state index contributed by atoms with van der Waals surface area (Å²) in [4.78, 5) is 28.4. The van der Waals surface area contributed by atoms with E-state index >= 15 is 0 Å². The Balaban J connectivity index is 1.98. The second-order valence-electron chi connectivity index (χ2n) is 6.77. The molecule has 1 amide bonds. The Bertz CT molecular complexity index is 1170. The molecule has 4 rings (SSSR count). The van der Waals surface area contributed by atoms with Crippen molar-refractivity contribution in [3.8, 4) is 5.75 Å². The van der Waals surface area contributed by atoms with Crippen molar-refractivity contribution >= 4 is 46.1 Å². The summed E-state index contributed by atoms with van der Waals surface area (Å²) in [5.41, 5.74) is 1.58. The van der Waals surface area contributed by atoms with Crippen LogP contribution in [0.4, 0.5) is 5.69 Å². The van der Waals surface area contributed by atoms with E-state index in [1.165, 1.54) is 23.3 Å². The van der Waals surface area contributed by atoms with Crippen molar-refractivity contribution in [3.63, 3.8) is 0 Å². The Morgan fingerprint density at radius 1 is 1.10 bits per heavy atom. The Morgan fingerprint density at radius 3 is 2.57 bits per heavy atom. The lowest BCUT2D eigenvalue weighted by Crippen LogP contribution is -2.29. The zero-order valence-corrected chi connectivity index (χ0v) is 17.8. The molecule has 1 fully saturated rings. The van der Waals surface area contributed by atoms with E-state index in [0.29, 0.717) is 27.6 Å². The highest BCUT2D eigenvalue weighted by Gasteiger charge is 2.48. The average Bonchev–Trinajstić information content (AvgIpc) is 3.37. The minimum Gasteiger partial charge on any atom is -0.507 e. The molecule has 1 atom stereocenters. The fraction of sp³-hybridized carbons (Fsp3) is 0.130. The minimum atomic E-state index is -0.771. The van der Waals surface area contributed by atoms with Gasteiger partial charge in [0.15, 0.2) is 0 Å².